The van der Waals surface area contributed by atoms with Crippen LogP contribution in [0.2, 0.25) is 0 Å². The number of hydrogen-bond donors (Lipinski definition) is 1. The Balaban J connectivity index is 0.000000194. The summed E-state index contributed by atoms with van der Waals surface area (Å²) in [5.74, 6) is 2.72. The molecule has 4 saturated carbocycles. The lowest BCUT2D eigenvalue weighted by Gasteiger charge is -2.37. The van der Waals surface area contributed by atoms with E-state index >= 15 is 0 Å². The van der Waals surface area contributed by atoms with Crippen LogP contribution in [0.15, 0.2) is 72.8 Å². The Morgan fingerprint density at radius 1 is 0.538 bits per heavy atom. The molecule has 4 aromatic rings. The van der Waals surface area contributed by atoms with Crippen molar-refractivity contribution in [3.63, 3.8) is 0 Å². The molecule has 0 amide bonds. The lowest BCUT2D eigenvalue weighted by molar-refractivity contribution is -0.141. The second kappa shape index (κ2) is 22.1. The minimum atomic E-state index is -0.716. The van der Waals surface area contributed by atoms with Crippen molar-refractivity contribution in [3.05, 3.63) is 83.9 Å². The Bertz CT molecular complexity index is 2160. The highest BCUT2D eigenvalue weighted by molar-refractivity contribution is 5.85. The standard InChI is InChI=1S/C29H41NO3.C28H39NO3/c1-29(2,3)24-11-14-26(15-12-24)33-27-13-10-22-18-21(8-9-23(22)19-27)20-30(25-6-5-7-25)17-16-28(31)32-4;1-28(2,3)23-10-13-25(14-11-23)32-26-12-9-21-17-20(7-8-22(21)18-26)19-29(16-15-27(30)31)24-5-4-6-24/h8-10,13,18-19,24-26H,5-7,11-12,14-17,20H2,1-4H3;7-9,12,17-18,23-25H,4-6,10-11,13-16,19H2,1-3H3,(H,30,31). The fourth-order valence-electron chi connectivity index (χ4n) is 10.7. The van der Waals surface area contributed by atoms with Crippen LogP contribution in [0.4, 0.5) is 0 Å². The number of methoxy groups -OCH3 is 1. The fraction of sp³-hybridized carbons (Fsp3) is 0.614. The molecular weight excluding hydrogens is 809 g/mol. The molecule has 0 heterocycles. The highest BCUT2D eigenvalue weighted by Gasteiger charge is 2.32. The van der Waals surface area contributed by atoms with Gasteiger partial charge in [-0.25, -0.2) is 0 Å². The van der Waals surface area contributed by atoms with Crippen LogP contribution in [-0.4, -0.2) is 71.3 Å². The van der Waals surface area contributed by atoms with Crippen LogP contribution < -0.4 is 9.47 Å². The molecule has 0 saturated heterocycles. The summed E-state index contributed by atoms with van der Waals surface area (Å²) in [6.07, 6.45) is 18.3. The minimum absolute atomic E-state index is 0.128. The molecule has 0 bridgehead atoms. The summed E-state index contributed by atoms with van der Waals surface area (Å²) in [7, 11) is 1.47. The largest absolute Gasteiger partial charge is 0.490 e. The second-order valence-corrected chi connectivity index (χ2v) is 22.2. The normalized spacial score (nSPS) is 21.9. The summed E-state index contributed by atoms with van der Waals surface area (Å²) in [6, 6.07) is 27.4. The predicted octanol–water partition coefficient (Wildman–Crippen LogP) is 13.4. The Morgan fingerprint density at radius 2 is 0.923 bits per heavy atom. The molecule has 4 aliphatic carbocycles. The maximum Gasteiger partial charge on any atom is 0.306 e. The van der Waals surface area contributed by atoms with Gasteiger partial charge in [0.2, 0.25) is 0 Å². The molecule has 0 spiro atoms. The Labute approximate surface area is 390 Å². The first-order valence-corrected chi connectivity index (χ1v) is 25.2. The van der Waals surface area contributed by atoms with E-state index in [0.29, 0.717) is 48.1 Å². The Kier molecular flexibility index (Phi) is 16.6. The smallest absolute Gasteiger partial charge is 0.306 e. The van der Waals surface area contributed by atoms with Gasteiger partial charge >= 0.3 is 11.9 Å². The summed E-state index contributed by atoms with van der Waals surface area (Å²) in [6.45, 7) is 17.2. The molecule has 354 valence electrons. The molecule has 4 aliphatic rings. The summed E-state index contributed by atoms with van der Waals surface area (Å²) in [4.78, 5) is 27.5. The first-order valence-electron chi connectivity index (χ1n) is 25.2. The van der Waals surface area contributed by atoms with Gasteiger partial charge in [0.25, 0.3) is 0 Å². The highest BCUT2D eigenvalue weighted by atomic mass is 16.5. The molecule has 8 heteroatoms. The second-order valence-electron chi connectivity index (χ2n) is 22.2. The first kappa shape index (κ1) is 48.8. The third kappa shape index (κ3) is 13.9. The zero-order chi connectivity index (χ0) is 46.1. The van der Waals surface area contributed by atoms with E-state index in [0.717, 1.165) is 68.7 Å². The number of aliphatic carboxylic acids is 1. The van der Waals surface area contributed by atoms with Gasteiger partial charge in [0, 0.05) is 38.3 Å². The Morgan fingerprint density at radius 3 is 1.28 bits per heavy atom. The van der Waals surface area contributed by atoms with E-state index in [9.17, 15) is 9.59 Å². The quantitative estimate of drug-likeness (QED) is 0.111. The van der Waals surface area contributed by atoms with Gasteiger partial charge in [-0.05, 0) is 169 Å². The van der Waals surface area contributed by atoms with Crippen molar-refractivity contribution in [2.24, 2.45) is 22.7 Å². The number of fused-ring (bicyclic) bond motifs is 2. The number of esters is 1. The summed E-state index contributed by atoms with van der Waals surface area (Å²) >= 11 is 0. The fourth-order valence-corrected chi connectivity index (χ4v) is 10.7. The summed E-state index contributed by atoms with van der Waals surface area (Å²) in [5, 5.41) is 14.0. The van der Waals surface area contributed by atoms with Gasteiger partial charge in [-0.15, -0.1) is 0 Å². The molecule has 4 fully saturated rings. The van der Waals surface area contributed by atoms with Crippen molar-refractivity contribution in [1.82, 2.24) is 9.80 Å². The van der Waals surface area contributed by atoms with Crippen LogP contribution in [-0.2, 0) is 27.4 Å². The van der Waals surface area contributed by atoms with Crippen LogP contribution in [0.25, 0.3) is 21.5 Å². The average molecular weight is 889 g/mol. The molecule has 1 N–H and O–H groups in total. The summed E-state index contributed by atoms with van der Waals surface area (Å²) in [5.41, 5.74) is 3.35. The van der Waals surface area contributed by atoms with Gasteiger partial charge in [0.15, 0.2) is 0 Å². The molecule has 0 aromatic heterocycles. The molecule has 8 nitrogen and oxygen atoms in total. The van der Waals surface area contributed by atoms with Crippen molar-refractivity contribution in [3.8, 4) is 11.5 Å². The molecular formula is C57H80N2O6. The SMILES string of the molecule is CC(C)(C)C1CCC(Oc2ccc3cc(CN(CCC(=O)O)C4CCC4)ccc3c2)CC1.COC(=O)CCN(Cc1ccc2cc(OC3CCC(C(C)(C)C)CC3)ccc2c1)C1CCC1. The van der Waals surface area contributed by atoms with Crippen molar-refractivity contribution >= 4 is 33.5 Å². The van der Waals surface area contributed by atoms with Crippen LogP contribution in [0, 0.1) is 22.7 Å². The van der Waals surface area contributed by atoms with Crippen molar-refractivity contribution in [2.45, 2.75) is 182 Å². The van der Waals surface area contributed by atoms with Crippen LogP contribution in [0.1, 0.15) is 155 Å². The van der Waals surface area contributed by atoms with Gasteiger partial charge in [0.05, 0.1) is 32.2 Å². The number of hydrogen-bond acceptors (Lipinski definition) is 7. The number of carbonyl (C=O) groups is 2. The van der Waals surface area contributed by atoms with Gasteiger partial charge in [0.1, 0.15) is 11.5 Å². The number of nitrogens with zero attached hydrogens (tertiary/aromatic N) is 2. The van der Waals surface area contributed by atoms with Crippen molar-refractivity contribution in [1.29, 1.82) is 0 Å². The number of ether oxygens (including phenoxy) is 3. The molecule has 0 atom stereocenters. The predicted molar refractivity (Wildman–Crippen MR) is 265 cm³/mol. The zero-order valence-corrected chi connectivity index (χ0v) is 40.9. The zero-order valence-electron chi connectivity index (χ0n) is 40.9. The molecule has 8 rings (SSSR count). The van der Waals surface area contributed by atoms with E-state index in [4.69, 9.17) is 19.3 Å². The van der Waals surface area contributed by atoms with Gasteiger partial charge in [-0.2, -0.15) is 0 Å². The van der Waals surface area contributed by atoms with Crippen LogP contribution >= 0.6 is 0 Å². The lowest BCUT2D eigenvalue weighted by atomic mass is 9.72. The van der Waals surface area contributed by atoms with E-state index in [1.165, 1.54) is 104 Å². The van der Waals surface area contributed by atoms with E-state index in [-0.39, 0.29) is 12.4 Å². The maximum absolute atomic E-state index is 11.6. The summed E-state index contributed by atoms with van der Waals surface area (Å²) < 4.78 is 17.6. The molecule has 0 radical (unpaired) electrons. The maximum atomic E-state index is 11.6. The van der Waals surface area contributed by atoms with Crippen LogP contribution in [0.5, 0.6) is 11.5 Å². The van der Waals surface area contributed by atoms with Gasteiger partial charge in [-0.3, -0.25) is 19.4 Å². The lowest BCUT2D eigenvalue weighted by Crippen LogP contribution is -2.40. The number of benzene rings is 4. The number of carbonyl (C=O) groups excluding carboxylic acids is 1. The van der Waals surface area contributed by atoms with Crippen molar-refractivity contribution in [2.75, 3.05) is 20.2 Å². The van der Waals surface area contributed by atoms with Gasteiger partial charge < -0.3 is 19.3 Å². The topological polar surface area (TPSA) is 88.5 Å². The minimum Gasteiger partial charge on any atom is -0.490 e. The van der Waals surface area contributed by atoms with Crippen LogP contribution in [0.3, 0.4) is 0 Å². The highest BCUT2D eigenvalue weighted by Crippen LogP contribution is 2.41. The third-order valence-corrected chi connectivity index (χ3v) is 15.6. The number of carboxylic acid groups (broad SMARTS) is 1. The van der Waals surface area contributed by atoms with E-state index < -0.39 is 5.97 Å². The third-order valence-electron chi connectivity index (χ3n) is 15.6. The molecule has 65 heavy (non-hydrogen) atoms. The average Bonchev–Trinajstić information content (AvgIpc) is 3.23. The van der Waals surface area contributed by atoms with E-state index in [1.807, 2.05) is 0 Å². The van der Waals surface area contributed by atoms with E-state index in [2.05, 4.69) is 124 Å². The molecule has 0 unspecified atom stereocenters. The van der Waals surface area contributed by atoms with E-state index in [1.54, 1.807) is 0 Å². The monoisotopic (exact) mass is 889 g/mol. The number of carboxylic acids is 1. The number of rotatable bonds is 16. The Hall–Kier alpha value is -4.14. The molecule has 0 aliphatic heterocycles. The van der Waals surface area contributed by atoms with Gasteiger partial charge in [-0.1, -0.05) is 90.8 Å². The molecule has 4 aromatic carbocycles. The first-order chi connectivity index (χ1) is 31.1. The van der Waals surface area contributed by atoms with Crippen molar-refractivity contribution < 1.29 is 28.9 Å².